The van der Waals surface area contributed by atoms with Crippen LogP contribution in [0, 0.1) is 5.82 Å². The summed E-state index contributed by atoms with van der Waals surface area (Å²) < 4.78 is 44.0. The molecule has 0 amide bonds. The van der Waals surface area contributed by atoms with Gasteiger partial charge in [0.15, 0.2) is 0 Å². The van der Waals surface area contributed by atoms with E-state index in [4.69, 9.17) is 0 Å². The third-order valence-corrected chi connectivity index (χ3v) is 10.1. The molecule has 2 aromatic carbocycles. The van der Waals surface area contributed by atoms with Crippen LogP contribution in [0.2, 0.25) is 0 Å². The van der Waals surface area contributed by atoms with E-state index in [1.807, 2.05) is 6.07 Å². The Bertz CT molecular complexity index is 1620. The molecule has 2 N–H and O–H groups in total. The Morgan fingerprint density at radius 3 is 2.58 bits per heavy atom. The van der Waals surface area contributed by atoms with Crippen molar-refractivity contribution >= 4 is 32.6 Å². The lowest BCUT2D eigenvalue weighted by atomic mass is 9.91. The first kappa shape index (κ1) is 26.8. The maximum absolute atomic E-state index is 14.1. The summed E-state index contributed by atoms with van der Waals surface area (Å²) in [5, 5.41) is 14.7. The molecule has 0 bridgehead atoms. The number of benzene rings is 2. The van der Waals surface area contributed by atoms with Gasteiger partial charge >= 0.3 is 0 Å². The molecule has 0 radical (unpaired) electrons. The zero-order chi connectivity index (χ0) is 27.9. The van der Waals surface area contributed by atoms with Crippen LogP contribution in [0.4, 0.5) is 16.0 Å². The number of nitrogens with one attached hydrogen (secondary N) is 1. The second-order valence-corrected chi connectivity index (χ2v) is 12.8. The minimum absolute atomic E-state index is 0.201. The summed E-state index contributed by atoms with van der Waals surface area (Å²) in [4.78, 5) is 11.3. The Hall–Kier alpha value is -3.38. The van der Waals surface area contributed by atoms with Crippen molar-refractivity contribution in [2.75, 3.05) is 31.5 Å². The fourth-order valence-corrected chi connectivity index (χ4v) is 7.21. The molecule has 40 heavy (non-hydrogen) atoms. The summed E-state index contributed by atoms with van der Waals surface area (Å²) in [6.07, 6.45) is 6.50. The van der Waals surface area contributed by atoms with Crippen molar-refractivity contribution in [1.82, 2.24) is 23.7 Å². The van der Waals surface area contributed by atoms with Crippen molar-refractivity contribution in [1.29, 1.82) is 0 Å². The van der Waals surface area contributed by atoms with Crippen LogP contribution in [-0.2, 0) is 10.0 Å². The van der Waals surface area contributed by atoms with E-state index in [9.17, 15) is 17.9 Å². The van der Waals surface area contributed by atoms with Gasteiger partial charge in [0.05, 0.1) is 16.0 Å². The molecule has 11 heteroatoms. The number of anilines is 2. The summed E-state index contributed by atoms with van der Waals surface area (Å²) in [6, 6.07) is 15.3. The van der Waals surface area contributed by atoms with E-state index < -0.39 is 15.6 Å². The van der Waals surface area contributed by atoms with Crippen molar-refractivity contribution in [2.45, 2.75) is 49.1 Å². The van der Waals surface area contributed by atoms with E-state index in [0.717, 1.165) is 19.4 Å². The highest BCUT2D eigenvalue weighted by molar-refractivity contribution is 7.89. The van der Waals surface area contributed by atoms with E-state index in [1.54, 1.807) is 59.4 Å². The second kappa shape index (κ2) is 10.5. The molecule has 2 aliphatic heterocycles. The van der Waals surface area contributed by atoms with Crippen LogP contribution in [0.3, 0.4) is 0 Å². The molecule has 0 aliphatic carbocycles. The molecule has 9 nitrogen and oxygen atoms in total. The van der Waals surface area contributed by atoms with E-state index in [2.05, 4.69) is 27.1 Å². The molecule has 1 atom stereocenters. The van der Waals surface area contributed by atoms with Crippen LogP contribution in [0.1, 0.15) is 32.6 Å². The lowest BCUT2D eigenvalue weighted by molar-refractivity contribution is -0.0342. The number of sulfonamides is 1. The molecule has 0 saturated carbocycles. The van der Waals surface area contributed by atoms with Crippen LogP contribution in [0.25, 0.3) is 16.7 Å². The molecule has 1 unspecified atom stereocenters. The molecule has 2 fully saturated rings. The molecule has 6 rings (SSSR count). The monoisotopic (exact) mass is 564 g/mol. The predicted molar refractivity (Wildman–Crippen MR) is 152 cm³/mol. The van der Waals surface area contributed by atoms with E-state index in [-0.39, 0.29) is 10.7 Å². The number of nitrogens with zero attached hydrogens (tertiary/aromatic N) is 5. The number of halogens is 1. The van der Waals surface area contributed by atoms with Crippen molar-refractivity contribution < 1.29 is 17.9 Å². The number of hydrogen-bond acceptors (Lipinski definition) is 7. The topological polar surface area (TPSA) is 104 Å². The van der Waals surface area contributed by atoms with Gasteiger partial charge in [0.1, 0.15) is 11.6 Å². The average Bonchev–Trinajstić information content (AvgIpc) is 3.56. The van der Waals surface area contributed by atoms with Gasteiger partial charge in [-0.2, -0.15) is 9.29 Å². The Balaban J connectivity index is 1.12. The SMILES string of the molecule is CC1CCCN1CC1(O)CCN(S(=O)(=O)c2ccc(Nc3nccc(-n4ccc5c(F)cccc54)n3)cc2)CC1. The first-order chi connectivity index (χ1) is 19.2. The summed E-state index contributed by atoms with van der Waals surface area (Å²) in [6.45, 7) is 4.36. The largest absolute Gasteiger partial charge is 0.388 e. The predicted octanol–water partition coefficient (Wildman–Crippen LogP) is 4.30. The summed E-state index contributed by atoms with van der Waals surface area (Å²) in [5.41, 5.74) is 0.474. The molecule has 4 aromatic rings. The number of aromatic nitrogens is 3. The summed E-state index contributed by atoms with van der Waals surface area (Å²) >= 11 is 0. The van der Waals surface area contributed by atoms with Crippen molar-refractivity contribution in [3.8, 4) is 5.82 Å². The van der Waals surface area contributed by atoms with Gasteiger partial charge in [0.25, 0.3) is 0 Å². The second-order valence-electron chi connectivity index (χ2n) is 10.8. The Morgan fingerprint density at radius 2 is 1.85 bits per heavy atom. The van der Waals surface area contributed by atoms with Gasteiger partial charge in [0.2, 0.25) is 16.0 Å². The molecule has 2 saturated heterocycles. The minimum atomic E-state index is -3.68. The van der Waals surface area contributed by atoms with Crippen LogP contribution in [-0.4, -0.2) is 75.1 Å². The Labute approximate surface area is 233 Å². The highest BCUT2D eigenvalue weighted by atomic mass is 32.2. The van der Waals surface area contributed by atoms with Gasteiger partial charge in [-0.3, -0.25) is 4.90 Å². The fourth-order valence-electron chi connectivity index (χ4n) is 5.77. The maximum Gasteiger partial charge on any atom is 0.243 e. The van der Waals surface area contributed by atoms with Crippen molar-refractivity contribution in [3.63, 3.8) is 0 Å². The van der Waals surface area contributed by atoms with Gasteiger partial charge in [-0.25, -0.2) is 17.8 Å². The highest BCUT2D eigenvalue weighted by Crippen LogP contribution is 2.30. The van der Waals surface area contributed by atoms with E-state index in [0.29, 0.717) is 66.9 Å². The fraction of sp³-hybridized carbons (Fsp3) is 0.379. The lowest BCUT2D eigenvalue weighted by Gasteiger charge is -2.40. The zero-order valence-electron chi connectivity index (χ0n) is 22.4. The van der Waals surface area contributed by atoms with Crippen molar-refractivity contribution in [3.05, 3.63) is 72.8 Å². The van der Waals surface area contributed by atoms with Gasteiger partial charge < -0.3 is 15.0 Å². The molecule has 4 heterocycles. The molecular weight excluding hydrogens is 531 g/mol. The smallest absolute Gasteiger partial charge is 0.243 e. The van der Waals surface area contributed by atoms with E-state index >= 15 is 0 Å². The van der Waals surface area contributed by atoms with Gasteiger partial charge in [-0.15, -0.1) is 0 Å². The van der Waals surface area contributed by atoms with Crippen LogP contribution < -0.4 is 5.32 Å². The quantitative estimate of drug-likeness (QED) is 0.345. The molecule has 2 aliphatic rings. The average molecular weight is 565 g/mol. The van der Waals surface area contributed by atoms with Crippen LogP contribution in [0.5, 0.6) is 0 Å². The number of fused-ring (bicyclic) bond motifs is 1. The third-order valence-electron chi connectivity index (χ3n) is 8.16. The number of likely N-dealkylation sites (tertiary alicyclic amines) is 1. The minimum Gasteiger partial charge on any atom is -0.388 e. The number of rotatable bonds is 7. The Kier molecular flexibility index (Phi) is 7.07. The Morgan fingerprint density at radius 1 is 1.07 bits per heavy atom. The number of aliphatic hydroxyl groups is 1. The number of β-amino-alcohol motifs (C(OH)–C–C–N with tert-alkyl or cyclic N) is 1. The van der Waals surface area contributed by atoms with Gasteiger partial charge in [0, 0.05) is 49.1 Å². The number of hydrogen-bond donors (Lipinski definition) is 2. The van der Waals surface area contributed by atoms with Gasteiger partial charge in [-0.05, 0) is 87.7 Å². The molecule has 210 valence electrons. The molecule has 2 aromatic heterocycles. The van der Waals surface area contributed by atoms with Crippen molar-refractivity contribution in [2.24, 2.45) is 0 Å². The summed E-state index contributed by atoms with van der Waals surface area (Å²) in [5.74, 6) is 0.603. The molecule has 0 spiro atoms. The maximum atomic E-state index is 14.1. The lowest BCUT2D eigenvalue weighted by Crippen LogP contribution is -2.52. The summed E-state index contributed by atoms with van der Waals surface area (Å²) in [7, 11) is -3.68. The first-order valence-electron chi connectivity index (χ1n) is 13.6. The first-order valence-corrected chi connectivity index (χ1v) is 15.1. The molecular formula is C29H33FN6O3S. The van der Waals surface area contributed by atoms with Crippen LogP contribution >= 0.6 is 0 Å². The highest BCUT2D eigenvalue weighted by Gasteiger charge is 2.39. The zero-order valence-corrected chi connectivity index (χ0v) is 23.2. The number of piperidine rings is 1. The normalized spacial score (nSPS) is 20.2. The van der Waals surface area contributed by atoms with Gasteiger partial charge in [-0.1, -0.05) is 6.07 Å². The third kappa shape index (κ3) is 5.22. The standard InChI is InChI=1S/C29H33FN6O3S/c1-21-4-3-16-34(21)20-29(37)13-18-35(19-14-29)40(38,39)23-9-7-22(8-10-23)32-28-31-15-11-27(33-28)36-17-12-24-25(30)5-2-6-26(24)36/h2,5-12,15,17,21,37H,3-4,13-14,16,18-20H2,1H3,(H,31,32,33). The van der Waals surface area contributed by atoms with Crippen LogP contribution in [0.15, 0.2) is 71.9 Å². The van der Waals surface area contributed by atoms with E-state index in [1.165, 1.54) is 10.4 Å².